The zero-order valence-electron chi connectivity index (χ0n) is 17.8. The Morgan fingerprint density at radius 1 is 1.00 bits per heavy atom. The molecule has 1 fully saturated rings. The quantitative estimate of drug-likeness (QED) is 0.607. The molecule has 0 aliphatic carbocycles. The van der Waals surface area contributed by atoms with Crippen LogP contribution in [0.4, 0.5) is 11.8 Å². The highest BCUT2D eigenvalue weighted by atomic mass is 32.2. The summed E-state index contributed by atoms with van der Waals surface area (Å²) >= 11 is 1.66. The largest absolute Gasteiger partial charge is 0.493 e. The minimum absolute atomic E-state index is 0.0445. The number of amides is 1. The van der Waals surface area contributed by atoms with Gasteiger partial charge in [0.15, 0.2) is 11.5 Å². The average Bonchev–Trinajstić information content (AvgIpc) is 2.82. The zero-order chi connectivity index (χ0) is 22.0. The number of rotatable bonds is 5. The van der Waals surface area contributed by atoms with Gasteiger partial charge < -0.3 is 25.0 Å². The second kappa shape index (κ2) is 8.89. The number of fused-ring (bicyclic) bond motifs is 1. The summed E-state index contributed by atoms with van der Waals surface area (Å²) < 4.78 is 10.7. The molecule has 162 valence electrons. The number of thioether (sulfide) groups is 1. The predicted molar refractivity (Wildman–Crippen MR) is 123 cm³/mol. The number of piperazine rings is 1. The molecule has 0 spiro atoms. The Morgan fingerprint density at radius 2 is 1.65 bits per heavy atom. The van der Waals surface area contributed by atoms with Gasteiger partial charge in [0.05, 0.1) is 19.7 Å². The summed E-state index contributed by atoms with van der Waals surface area (Å²) in [4.78, 5) is 27.1. The summed E-state index contributed by atoms with van der Waals surface area (Å²) in [6.07, 6.45) is 2.02. The van der Waals surface area contributed by atoms with E-state index < -0.39 is 0 Å². The van der Waals surface area contributed by atoms with Crippen molar-refractivity contribution in [2.75, 3.05) is 57.3 Å². The fraction of sp³-hybridized carbons (Fsp3) is 0.318. The van der Waals surface area contributed by atoms with Gasteiger partial charge in [0.25, 0.3) is 5.91 Å². The lowest BCUT2D eigenvalue weighted by Crippen LogP contribution is -2.49. The molecule has 1 aliphatic rings. The molecule has 2 N–H and O–H groups in total. The molecule has 2 aromatic carbocycles. The molecule has 9 heteroatoms. The number of ether oxygens (including phenoxy) is 2. The van der Waals surface area contributed by atoms with Crippen LogP contribution in [0.1, 0.15) is 10.4 Å². The molecule has 0 atom stereocenters. The van der Waals surface area contributed by atoms with Crippen LogP contribution >= 0.6 is 11.8 Å². The lowest BCUT2D eigenvalue weighted by Gasteiger charge is -2.35. The summed E-state index contributed by atoms with van der Waals surface area (Å²) in [6, 6.07) is 11.3. The molecule has 1 aliphatic heterocycles. The second-order valence-electron chi connectivity index (χ2n) is 7.14. The van der Waals surface area contributed by atoms with E-state index in [4.69, 9.17) is 15.2 Å². The van der Waals surface area contributed by atoms with Crippen LogP contribution in [0.3, 0.4) is 0 Å². The Morgan fingerprint density at radius 3 is 2.26 bits per heavy atom. The molecule has 0 bridgehead atoms. The minimum atomic E-state index is 0.0445. The topological polar surface area (TPSA) is 93.8 Å². The molecule has 0 saturated carbocycles. The summed E-state index contributed by atoms with van der Waals surface area (Å²) in [6.45, 7) is 2.45. The highest BCUT2D eigenvalue weighted by molar-refractivity contribution is 7.98. The van der Waals surface area contributed by atoms with Crippen LogP contribution < -0.4 is 20.1 Å². The molecule has 1 amide bonds. The van der Waals surface area contributed by atoms with Crippen molar-refractivity contribution in [2.45, 2.75) is 4.90 Å². The molecule has 4 rings (SSSR count). The summed E-state index contributed by atoms with van der Waals surface area (Å²) in [7, 11) is 3.16. The standard InChI is InChI=1S/C22H25N5O3S/c1-29-18-12-16-17(13-19(18)30-2)24-22(25-20(16)23)27-10-8-26(9-11-27)21(28)14-4-6-15(31-3)7-5-14/h4-7,12-13H,8-11H2,1-3H3,(H2,23,24,25). The number of carbonyl (C=O) groups is 1. The van der Waals surface area contributed by atoms with Crippen LogP contribution in [0.2, 0.25) is 0 Å². The molecule has 31 heavy (non-hydrogen) atoms. The van der Waals surface area contributed by atoms with E-state index in [-0.39, 0.29) is 5.91 Å². The van der Waals surface area contributed by atoms with Gasteiger partial charge in [0, 0.05) is 48.1 Å². The fourth-order valence-corrected chi connectivity index (χ4v) is 4.04. The number of anilines is 2. The summed E-state index contributed by atoms with van der Waals surface area (Å²) in [5.41, 5.74) is 7.61. The first-order chi connectivity index (χ1) is 15.0. The van der Waals surface area contributed by atoms with Gasteiger partial charge in [-0.3, -0.25) is 4.79 Å². The first-order valence-electron chi connectivity index (χ1n) is 9.91. The summed E-state index contributed by atoms with van der Waals surface area (Å²) in [5.74, 6) is 2.14. The lowest BCUT2D eigenvalue weighted by atomic mass is 10.2. The van der Waals surface area contributed by atoms with Gasteiger partial charge in [-0.25, -0.2) is 4.98 Å². The van der Waals surface area contributed by atoms with Crippen molar-refractivity contribution in [3.8, 4) is 11.5 Å². The molecular formula is C22H25N5O3S. The molecule has 1 aromatic heterocycles. The van der Waals surface area contributed by atoms with Gasteiger partial charge in [-0.15, -0.1) is 11.8 Å². The highest BCUT2D eigenvalue weighted by Crippen LogP contribution is 2.34. The SMILES string of the molecule is COc1cc2nc(N3CCN(C(=O)c4ccc(SC)cc4)CC3)nc(N)c2cc1OC. The maximum absolute atomic E-state index is 12.8. The number of hydrogen-bond acceptors (Lipinski definition) is 8. The number of nitrogens with two attached hydrogens (primary N) is 1. The molecule has 0 unspecified atom stereocenters. The number of hydrogen-bond donors (Lipinski definition) is 1. The van der Waals surface area contributed by atoms with E-state index in [1.807, 2.05) is 40.3 Å². The molecule has 3 aromatic rings. The molecule has 2 heterocycles. The Kier molecular flexibility index (Phi) is 6.03. The van der Waals surface area contributed by atoms with E-state index in [1.165, 1.54) is 0 Å². The van der Waals surface area contributed by atoms with Crippen LogP contribution in [-0.4, -0.2) is 67.4 Å². The fourth-order valence-electron chi connectivity index (χ4n) is 3.63. The van der Waals surface area contributed by atoms with Crippen molar-refractivity contribution >= 4 is 40.3 Å². The number of carbonyl (C=O) groups excluding carboxylic acids is 1. The Bertz CT molecular complexity index is 1100. The molecule has 1 saturated heterocycles. The third-order valence-electron chi connectivity index (χ3n) is 5.41. The predicted octanol–water partition coefficient (Wildman–Crippen LogP) is 2.91. The van der Waals surface area contributed by atoms with Crippen LogP contribution in [-0.2, 0) is 0 Å². The van der Waals surface area contributed by atoms with Crippen molar-refractivity contribution < 1.29 is 14.3 Å². The van der Waals surface area contributed by atoms with E-state index in [0.29, 0.717) is 65.9 Å². The monoisotopic (exact) mass is 439 g/mol. The Labute approximate surface area is 185 Å². The van der Waals surface area contributed by atoms with Crippen molar-refractivity contribution in [3.63, 3.8) is 0 Å². The lowest BCUT2D eigenvalue weighted by molar-refractivity contribution is 0.0746. The maximum atomic E-state index is 12.8. The van der Waals surface area contributed by atoms with Gasteiger partial charge >= 0.3 is 0 Å². The number of nitrogens with zero attached hydrogens (tertiary/aromatic N) is 4. The third-order valence-corrected chi connectivity index (χ3v) is 6.15. The number of aromatic nitrogens is 2. The second-order valence-corrected chi connectivity index (χ2v) is 8.02. The van der Waals surface area contributed by atoms with Gasteiger partial charge in [0.1, 0.15) is 5.82 Å². The first kappa shape index (κ1) is 21.0. The van der Waals surface area contributed by atoms with Gasteiger partial charge in [-0.2, -0.15) is 4.98 Å². The Balaban J connectivity index is 1.50. The smallest absolute Gasteiger partial charge is 0.253 e. The summed E-state index contributed by atoms with van der Waals surface area (Å²) in [5, 5.41) is 0.712. The highest BCUT2D eigenvalue weighted by Gasteiger charge is 2.24. The van der Waals surface area contributed by atoms with E-state index in [9.17, 15) is 4.79 Å². The molecule has 0 radical (unpaired) electrons. The maximum Gasteiger partial charge on any atom is 0.253 e. The van der Waals surface area contributed by atoms with Gasteiger partial charge in [-0.05, 0) is 36.6 Å². The average molecular weight is 440 g/mol. The van der Waals surface area contributed by atoms with Crippen molar-refractivity contribution in [1.29, 1.82) is 0 Å². The minimum Gasteiger partial charge on any atom is -0.493 e. The van der Waals surface area contributed by atoms with Crippen molar-refractivity contribution in [3.05, 3.63) is 42.0 Å². The van der Waals surface area contributed by atoms with E-state index in [1.54, 1.807) is 38.1 Å². The first-order valence-corrected chi connectivity index (χ1v) is 11.1. The number of benzene rings is 2. The van der Waals surface area contributed by atoms with Crippen molar-refractivity contribution in [1.82, 2.24) is 14.9 Å². The van der Waals surface area contributed by atoms with Gasteiger partial charge in [-0.1, -0.05) is 0 Å². The third kappa shape index (κ3) is 4.18. The van der Waals surface area contributed by atoms with Crippen LogP contribution in [0.25, 0.3) is 10.9 Å². The normalized spacial score (nSPS) is 14.0. The van der Waals surface area contributed by atoms with E-state index in [0.717, 1.165) is 4.90 Å². The van der Waals surface area contributed by atoms with Crippen LogP contribution in [0.5, 0.6) is 11.5 Å². The van der Waals surface area contributed by atoms with Crippen LogP contribution in [0, 0.1) is 0 Å². The van der Waals surface area contributed by atoms with Crippen LogP contribution in [0.15, 0.2) is 41.3 Å². The number of methoxy groups -OCH3 is 2. The van der Waals surface area contributed by atoms with E-state index in [2.05, 4.69) is 9.97 Å². The van der Waals surface area contributed by atoms with Gasteiger partial charge in [0.2, 0.25) is 5.95 Å². The zero-order valence-corrected chi connectivity index (χ0v) is 18.6. The molecule has 8 nitrogen and oxygen atoms in total. The molecular weight excluding hydrogens is 414 g/mol. The van der Waals surface area contributed by atoms with E-state index >= 15 is 0 Å². The number of nitrogen functional groups attached to an aromatic ring is 1. The van der Waals surface area contributed by atoms with Crippen molar-refractivity contribution in [2.24, 2.45) is 0 Å². The Hall–Kier alpha value is -3.20.